The lowest BCUT2D eigenvalue weighted by Gasteiger charge is -2.04. The van der Waals surface area contributed by atoms with E-state index >= 15 is 0 Å². The quantitative estimate of drug-likeness (QED) is 0.392. The average Bonchev–Trinajstić information content (AvgIpc) is 3.32. The highest BCUT2D eigenvalue weighted by Crippen LogP contribution is 2.31. The molecule has 8 nitrogen and oxygen atoms in total. The molecular formula is C21H17NO7S2. The van der Waals surface area contributed by atoms with Gasteiger partial charge in [0, 0.05) is 16.3 Å². The lowest BCUT2D eigenvalue weighted by molar-refractivity contribution is -0.136. The van der Waals surface area contributed by atoms with Gasteiger partial charge < -0.3 is 18.5 Å². The van der Waals surface area contributed by atoms with Crippen molar-refractivity contribution in [2.75, 3.05) is 6.26 Å². The fourth-order valence-corrected chi connectivity index (χ4v) is 4.45. The molecule has 0 aliphatic carbocycles. The molecule has 2 aromatic heterocycles. The summed E-state index contributed by atoms with van der Waals surface area (Å²) in [4.78, 5) is 11.0. The average molecular weight is 460 g/mol. The van der Waals surface area contributed by atoms with E-state index in [1.54, 1.807) is 30.3 Å². The molecule has 0 bridgehead atoms. The number of aromatic nitrogens is 1. The zero-order chi connectivity index (χ0) is 22.0. The SMILES string of the molecule is CS(=O)(=O)Oc1cccc(-c2cc(COc3ccc4c(CC(=O)O)csc4c3)no2)c1. The predicted octanol–water partition coefficient (Wildman–Crippen LogP) is 4.10. The van der Waals surface area contributed by atoms with Gasteiger partial charge in [-0.15, -0.1) is 11.3 Å². The Bertz CT molecular complexity index is 1360. The molecule has 1 N–H and O–H groups in total. The first-order valence-corrected chi connectivity index (χ1v) is 11.8. The van der Waals surface area contributed by atoms with E-state index in [1.807, 2.05) is 17.5 Å². The van der Waals surface area contributed by atoms with Gasteiger partial charge in [0.25, 0.3) is 0 Å². The highest BCUT2D eigenvalue weighted by molar-refractivity contribution is 7.86. The lowest BCUT2D eigenvalue weighted by Crippen LogP contribution is -2.05. The molecule has 4 aromatic rings. The Morgan fingerprint density at radius 3 is 2.77 bits per heavy atom. The number of fused-ring (bicyclic) bond motifs is 1. The molecule has 0 aliphatic rings. The number of hydrogen-bond donors (Lipinski definition) is 1. The van der Waals surface area contributed by atoms with Crippen LogP contribution < -0.4 is 8.92 Å². The van der Waals surface area contributed by atoms with E-state index in [1.165, 1.54) is 17.4 Å². The molecule has 0 saturated heterocycles. The minimum atomic E-state index is -3.62. The monoisotopic (exact) mass is 459 g/mol. The van der Waals surface area contributed by atoms with Crippen LogP contribution in [0, 0.1) is 0 Å². The van der Waals surface area contributed by atoms with E-state index in [2.05, 4.69) is 5.16 Å². The molecule has 4 rings (SSSR count). The normalized spacial score (nSPS) is 11.5. The summed E-state index contributed by atoms with van der Waals surface area (Å²) in [5, 5.41) is 15.7. The maximum absolute atomic E-state index is 11.3. The Balaban J connectivity index is 1.45. The van der Waals surface area contributed by atoms with Crippen LogP contribution in [0.3, 0.4) is 0 Å². The molecule has 0 atom stereocenters. The van der Waals surface area contributed by atoms with Gasteiger partial charge in [-0.2, -0.15) is 8.42 Å². The molecule has 0 unspecified atom stereocenters. The van der Waals surface area contributed by atoms with Gasteiger partial charge in [-0.05, 0) is 46.7 Å². The van der Waals surface area contributed by atoms with Gasteiger partial charge in [-0.3, -0.25) is 4.79 Å². The standard InChI is InChI=1S/C21H17NO7S2/c1-31(25,26)29-17-4-2-3-13(7-17)19-9-15(22-28-19)11-27-16-5-6-18-14(8-21(23)24)12-30-20(18)10-16/h2-7,9-10,12H,8,11H2,1H3,(H,23,24). The Morgan fingerprint density at radius 2 is 2.00 bits per heavy atom. The molecule has 31 heavy (non-hydrogen) atoms. The number of hydrogen-bond acceptors (Lipinski definition) is 8. The third-order valence-electron chi connectivity index (χ3n) is 4.28. The van der Waals surface area contributed by atoms with Crippen molar-refractivity contribution in [2.24, 2.45) is 0 Å². The maximum Gasteiger partial charge on any atom is 0.307 e. The van der Waals surface area contributed by atoms with Crippen LogP contribution in [0.4, 0.5) is 0 Å². The molecule has 0 amide bonds. The number of carboxylic acids is 1. The van der Waals surface area contributed by atoms with Crippen LogP contribution in [0.1, 0.15) is 11.3 Å². The molecule has 0 spiro atoms. The largest absolute Gasteiger partial charge is 0.487 e. The first-order chi connectivity index (χ1) is 14.8. The Morgan fingerprint density at radius 1 is 1.16 bits per heavy atom. The first kappa shape index (κ1) is 20.9. The zero-order valence-corrected chi connectivity index (χ0v) is 17.9. The van der Waals surface area contributed by atoms with Crippen LogP contribution in [-0.4, -0.2) is 30.9 Å². The molecule has 0 radical (unpaired) electrons. The van der Waals surface area contributed by atoms with E-state index in [0.29, 0.717) is 22.8 Å². The van der Waals surface area contributed by atoms with Crippen LogP contribution in [-0.2, 0) is 27.9 Å². The Kier molecular flexibility index (Phi) is 5.66. The lowest BCUT2D eigenvalue weighted by atomic mass is 10.1. The van der Waals surface area contributed by atoms with E-state index in [9.17, 15) is 13.2 Å². The Labute approximate surface area is 181 Å². The highest BCUT2D eigenvalue weighted by atomic mass is 32.2. The minimum absolute atomic E-state index is 0.0155. The second kappa shape index (κ2) is 8.40. The summed E-state index contributed by atoms with van der Waals surface area (Å²) in [6, 6.07) is 13.7. The van der Waals surface area contributed by atoms with Gasteiger partial charge >= 0.3 is 16.1 Å². The van der Waals surface area contributed by atoms with Gasteiger partial charge in [0.05, 0.1) is 12.7 Å². The maximum atomic E-state index is 11.3. The molecule has 10 heteroatoms. The molecule has 2 aromatic carbocycles. The molecule has 0 fully saturated rings. The predicted molar refractivity (Wildman–Crippen MR) is 115 cm³/mol. The number of rotatable bonds is 8. The smallest absolute Gasteiger partial charge is 0.307 e. The summed E-state index contributed by atoms with van der Waals surface area (Å²) < 4.78 is 39.6. The molecule has 2 heterocycles. The number of aliphatic carboxylic acids is 1. The van der Waals surface area contributed by atoms with Crippen molar-refractivity contribution in [3.63, 3.8) is 0 Å². The number of ether oxygens (including phenoxy) is 1. The fourth-order valence-electron chi connectivity index (χ4n) is 3.00. The van der Waals surface area contributed by atoms with Crippen molar-refractivity contribution >= 4 is 37.5 Å². The van der Waals surface area contributed by atoms with Crippen LogP contribution in [0.15, 0.2) is 58.4 Å². The molecule has 0 aliphatic heterocycles. The van der Waals surface area contributed by atoms with Gasteiger partial charge in [0.15, 0.2) is 5.76 Å². The third kappa shape index (κ3) is 5.22. The van der Waals surface area contributed by atoms with Crippen LogP contribution >= 0.6 is 11.3 Å². The number of benzene rings is 2. The van der Waals surface area contributed by atoms with Crippen LogP contribution in [0.25, 0.3) is 21.4 Å². The van der Waals surface area contributed by atoms with Crippen LogP contribution in [0.5, 0.6) is 11.5 Å². The summed E-state index contributed by atoms with van der Waals surface area (Å²) in [5.41, 5.74) is 1.95. The van der Waals surface area contributed by atoms with Crippen molar-refractivity contribution < 1.29 is 31.8 Å². The van der Waals surface area contributed by atoms with Gasteiger partial charge in [-0.1, -0.05) is 17.3 Å². The molecule has 0 saturated carbocycles. The van der Waals surface area contributed by atoms with Crippen LogP contribution in [0.2, 0.25) is 0 Å². The second-order valence-electron chi connectivity index (χ2n) is 6.78. The highest BCUT2D eigenvalue weighted by Gasteiger charge is 2.12. The van der Waals surface area contributed by atoms with Crippen molar-refractivity contribution in [2.45, 2.75) is 13.0 Å². The summed E-state index contributed by atoms with van der Waals surface area (Å²) in [6.07, 6.45) is 0.961. The zero-order valence-electron chi connectivity index (χ0n) is 16.3. The van der Waals surface area contributed by atoms with Crippen molar-refractivity contribution in [3.05, 3.63) is 65.2 Å². The second-order valence-corrected chi connectivity index (χ2v) is 9.26. The van der Waals surface area contributed by atoms with Gasteiger partial charge in [0.1, 0.15) is 23.8 Å². The van der Waals surface area contributed by atoms with Gasteiger partial charge in [0.2, 0.25) is 0 Å². The van der Waals surface area contributed by atoms with E-state index in [4.69, 9.17) is 18.5 Å². The minimum Gasteiger partial charge on any atom is -0.487 e. The summed E-state index contributed by atoms with van der Waals surface area (Å²) in [7, 11) is -3.62. The van der Waals surface area contributed by atoms with Gasteiger partial charge in [-0.25, -0.2) is 0 Å². The summed E-state index contributed by atoms with van der Waals surface area (Å²) >= 11 is 1.47. The van der Waals surface area contributed by atoms with Crippen molar-refractivity contribution in [1.29, 1.82) is 0 Å². The summed E-state index contributed by atoms with van der Waals surface area (Å²) in [5.74, 6) is 0.393. The number of carboxylic acid groups (broad SMARTS) is 1. The van der Waals surface area contributed by atoms with E-state index in [0.717, 1.165) is 21.9 Å². The number of carbonyl (C=O) groups is 1. The fraction of sp³-hybridized carbons (Fsp3) is 0.143. The number of thiophene rings is 1. The third-order valence-corrected chi connectivity index (χ3v) is 5.77. The topological polar surface area (TPSA) is 116 Å². The van der Waals surface area contributed by atoms with E-state index in [-0.39, 0.29) is 18.8 Å². The first-order valence-electron chi connectivity index (χ1n) is 9.07. The van der Waals surface area contributed by atoms with Crippen molar-refractivity contribution in [3.8, 4) is 22.8 Å². The molecule has 160 valence electrons. The number of nitrogens with zero attached hydrogens (tertiary/aromatic N) is 1. The molecular weight excluding hydrogens is 442 g/mol. The van der Waals surface area contributed by atoms with E-state index < -0.39 is 16.1 Å². The Hall–Kier alpha value is -3.37. The summed E-state index contributed by atoms with van der Waals surface area (Å²) in [6.45, 7) is 0.169. The van der Waals surface area contributed by atoms with Crippen molar-refractivity contribution in [1.82, 2.24) is 5.16 Å².